The molecule has 0 saturated carbocycles. The number of unbranched alkanes of at least 4 members (excludes halogenated alkanes) is 27. The number of imide groups is 1. The predicted octanol–water partition coefficient (Wildman–Crippen LogP) is 10.9. The molecule has 0 N–H and O–H groups in total. The monoisotopic (exact) mass is 517 g/mol. The quantitative estimate of drug-likeness (QED) is 0.0730. The zero-order valence-electron chi connectivity index (χ0n) is 24.9. The second-order valence-corrected chi connectivity index (χ2v) is 11.7. The molecule has 1 heterocycles. The van der Waals surface area contributed by atoms with E-state index in [1.165, 1.54) is 184 Å². The van der Waals surface area contributed by atoms with Crippen LogP contribution in [-0.4, -0.2) is 23.3 Å². The van der Waals surface area contributed by atoms with Crippen molar-refractivity contribution in [2.24, 2.45) is 0 Å². The maximum Gasteiger partial charge on any atom is 0.253 e. The summed E-state index contributed by atoms with van der Waals surface area (Å²) in [6, 6.07) is 0. The zero-order chi connectivity index (χ0) is 26.7. The fourth-order valence-corrected chi connectivity index (χ4v) is 5.59. The highest BCUT2D eigenvalue weighted by Gasteiger charge is 2.22. The van der Waals surface area contributed by atoms with Crippen LogP contribution in [0, 0.1) is 0 Å². The summed E-state index contributed by atoms with van der Waals surface area (Å²) in [7, 11) is 0. The molecule has 0 aromatic heterocycles. The number of hydrogen-bond donors (Lipinski definition) is 0. The zero-order valence-corrected chi connectivity index (χ0v) is 24.9. The maximum absolute atomic E-state index is 11.5. The van der Waals surface area contributed by atoms with E-state index in [1.807, 2.05) is 0 Å². The molecule has 1 rings (SSSR count). The fraction of sp³-hybridized carbons (Fsp3) is 0.882. The first-order valence-electron chi connectivity index (χ1n) is 16.8. The van der Waals surface area contributed by atoms with E-state index in [1.54, 1.807) is 0 Å². The van der Waals surface area contributed by atoms with Crippen molar-refractivity contribution >= 4 is 11.8 Å². The summed E-state index contributed by atoms with van der Waals surface area (Å²) in [5.74, 6) is -0.287. The van der Waals surface area contributed by atoms with Gasteiger partial charge in [-0.15, -0.1) is 0 Å². The molecule has 37 heavy (non-hydrogen) atoms. The second-order valence-electron chi connectivity index (χ2n) is 11.7. The van der Waals surface area contributed by atoms with Gasteiger partial charge >= 0.3 is 0 Å². The Morgan fingerprint density at radius 2 is 0.595 bits per heavy atom. The molecule has 0 atom stereocenters. The molecule has 216 valence electrons. The molecule has 0 radical (unpaired) electrons. The summed E-state index contributed by atoms with van der Waals surface area (Å²) in [5, 5.41) is 0. The lowest BCUT2D eigenvalue weighted by Crippen LogP contribution is -2.30. The topological polar surface area (TPSA) is 37.4 Å². The highest BCUT2D eigenvalue weighted by molar-refractivity contribution is 6.12. The van der Waals surface area contributed by atoms with Crippen LogP contribution in [0.25, 0.3) is 0 Å². The summed E-state index contributed by atoms with van der Waals surface area (Å²) in [5.41, 5.74) is 0. The van der Waals surface area contributed by atoms with E-state index in [0.717, 1.165) is 12.8 Å². The standard InChI is InChI=1S/C34H63NO2/c1-2-3-4-5-6-7-8-9-10-11-12-13-14-15-16-17-18-19-20-21-22-23-24-25-26-27-28-29-32-35-33(36)30-31-34(35)37/h30-31H,2-29,32H2,1H3. The number of hydrogen-bond acceptors (Lipinski definition) is 2. The SMILES string of the molecule is CCCCCCCCCCCCCCCCCCCCCCCCCCCCCCN1C(=O)C=CC1=O. The molecule has 0 aromatic rings. The summed E-state index contributed by atoms with van der Waals surface area (Å²) in [6.45, 7) is 2.88. The third kappa shape index (κ3) is 21.5. The average Bonchev–Trinajstić information content (AvgIpc) is 3.22. The van der Waals surface area contributed by atoms with Crippen LogP contribution >= 0.6 is 0 Å². The van der Waals surface area contributed by atoms with Gasteiger partial charge in [0.1, 0.15) is 0 Å². The Morgan fingerprint density at radius 1 is 0.378 bits per heavy atom. The van der Waals surface area contributed by atoms with Gasteiger partial charge < -0.3 is 0 Å². The molecule has 0 unspecified atom stereocenters. The normalized spacial score (nSPS) is 13.4. The van der Waals surface area contributed by atoms with Crippen LogP contribution in [0.2, 0.25) is 0 Å². The first-order chi connectivity index (χ1) is 18.3. The number of carbonyl (C=O) groups is 2. The third-order valence-corrected chi connectivity index (χ3v) is 8.14. The molecule has 1 aliphatic rings. The first kappa shape index (κ1) is 33.9. The Hall–Kier alpha value is -1.12. The Balaban J connectivity index is 1.64. The van der Waals surface area contributed by atoms with Crippen LogP contribution in [0.15, 0.2) is 12.2 Å². The van der Waals surface area contributed by atoms with Gasteiger partial charge in [-0.1, -0.05) is 180 Å². The summed E-state index contributed by atoms with van der Waals surface area (Å²) in [4.78, 5) is 24.3. The van der Waals surface area contributed by atoms with Crippen molar-refractivity contribution in [2.45, 2.75) is 187 Å². The van der Waals surface area contributed by atoms with Crippen LogP contribution in [0.1, 0.15) is 187 Å². The van der Waals surface area contributed by atoms with Crippen molar-refractivity contribution in [1.29, 1.82) is 0 Å². The van der Waals surface area contributed by atoms with Crippen molar-refractivity contribution in [2.75, 3.05) is 6.54 Å². The van der Waals surface area contributed by atoms with Gasteiger partial charge in [0.15, 0.2) is 0 Å². The largest absolute Gasteiger partial charge is 0.275 e. The number of nitrogens with zero attached hydrogens (tertiary/aromatic N) is 1. The van der Waals surface area contributed by atoms with Gasteiger partial charge in [-0.25, -0.2) is 0 Å². The van der Waals surface area contributed by atoms with Crippen molar-refractivity contribution < 1.29 is 9.59 Å². The van der Waals surface area contributed by atoms with Gasteiger partial charge in [-0.2, -0.15) is 0 Å². The minimum Gasteiger partial charge on any atom is -0.275 e. The number of rotatable bonds is 29. The van der Waals surface area contributed by atoms with Crippen molar-refractivity contribution in [3.8, 4) is 0 Å². The Morgan fingerprint density at radius 3 is 0.838 bits per heavy atom. The van der Waals surface area contributed by atoms with Crippen molar-refractivity contribution in [1.82, 2.24) is 4.90 Å². The van der Waals surface area contributed by atoms with Gasteiger partial charge in [-0.05, 0) is 6.42 Å². The Kier molecular flexibility index (Phi) is 24.3. The van der Waals surface area contributed by atoms with E-state index < -0.39 is 0 Å². The van der Waals surface area contributed by atoms with E-state index in [2.05, 4.69) is 6.92 Å². The molecule has 0 spiro atoms. The van der Waals surface area contributed by atoms with Gasteiger partial charge in [0, 0.05) is 18.7 Å². The summed E-state index contributed by atoms with van der Waals surface area (Å²) < 4.78 is 0. The minimum absolute atomic E-state index is 0.143. The molecular formula is C34H63NO2. The fourth-order valence-electron chi connectivity index (χ4n) is 5.59. The van der Waals surface area contributed by atoms with E-state index in [9.17, 15) is 9.59 Å². The molecule has 0 saturated heterocycles. The average molecular weight is 518 g/mol. The Bertz CT molecular complexity index is 538. The van der Waals surface area contributed by atoms with Crippen LogP contribution in [0.3, 0.4) is 0 Å². The first-order valence-corrected chi connectivity index (χ1v) is 16.8. The van der Waals surface area contributed by atoms with Crippen LogP contribution in [-0.2, 0) is 9.59 Å². The number of amides is 2. The molecular weight excluding hydrogens is 454 g/mol. The second kappa shape index (κ2) is 26.5. The van der Waals surface area contributed by atoms with E-state index >= 15 is 0 Å². The van der Waals surface area contributed by atoms with Crippen molar-refractivity contribution in [3.05, 3.63) is 12.2 Å². The molecule has 3 heteroatoms. The van der Waals surface area contributed by atoms with Crippen LogP contribution in [0.5, 0.6) is 0 Å². The Labute approximate surface area is 231 Å². The molecule has 1 aliphatic heterocycles. The number of carbonyl (C=O) groups excluding carboxylic acids is 2. The van der Waals surface area contributed by atoms with E-state index in [4.69, 9.17) is 0 Å². The maximum atomic E-state index is 11.5. The highest BCUT2D eigenvalue weighted by atomic mass is 16.2. The van der Waals surface area contributed by atoms with Crippen molar-refractivity contribution in [3.63, 3.8) is 0 Å². The molecule has 0 fully saturated rings. The summed E-state index contributed by atoms with van der Waals surface area (Å²) in [6.07, 6.45) is 41.9. The van der Waals surface area contributed by atoms with Gasteiger partial charge in [-0.3, -0.25) is 14.5 Å². The highest BCUT2D eigenvalue weighted by Crippen LogP contribution is 2.16. The predicted molar refractivity (Wildman–Crippen MR) is 161 cm³/mol. The van der Waals surface area contributed by atoms with E-state index in [-0.39, 0.29) is 11.8 Å². The van der Waals surface area contributed by atoms with Gasteiger partial charge in [0.2, 0.25) is 0 Å². The van der Waals surface area contributed by atoms with Gasteiger partial charge in [0.05, 0.1) is 0 Å². The molecule has 0 aromatic carbocycles. The third-order valence-electron chi connectivity index (χ3n) is 8.14. The molecule has 2 amide bonds. The van der Waals surface area contributed by atoms with Gasteiger partial charge in [0.25, 0.3) is 11.8 Å². The molecule has 0 bridgehead atoms. The smallest absolute Gasteiger partial charge is 0.253 e. The summed E-state index contributed by atoms with van der Waals surface area (Å²) >= 11 is 0. The lowest BCUT2D eigenvalue weighted by atomic mass is 10.0. The molecule has 3 nitrogen and oxygen atoms in total. The lowest BCUT2D eigenvalue weighted by molar-refractivity contribution is -0.136. The lowest BCUT2D eigenvalue weighted by Gasteiger charge is -2.12. The molecule has 0 aliphatic carbocycles. The van der Waals surface area contributed by atoms with E-state index in [0.29, 0.717) is 6.54 Å². The van der Waals surface area contributed by atoms with Crippen LogP contribution in [0.4, 0.5) is 0 Å². The minimum atomic E-state index is -0.143. The van der Waals surface area contributed by atoms with Crippen LogP contribution < -0.4 is 0 Å².